The number of nitrogens with zero attached hydrogens (tertiary/aromatic N) is 2. The number of nitrogens with two attached hydrogens (primary N) is 1. The van der Waals surface area contributed by atoms with Crippen molar-refractivity contribution >= 4 is 0 Å². The van der Waals surface area contributed by atoms with Crippen LogP contribution in [0.2, 0.25) is 0 Å². The molecule has 3 heteroatoms. The number of likely N-dealkylation sites (tertiary alicyclic amines) is 1. The first-order chi connectivity index (χ1) is 9.49. The fourth-order valence-corrected chi connectivity index (χ4v) is 3.18. The van der Waals surface area contributed by atoms with Crippen molar-refractivity contribution in [1.29, 1.82) is 0 Å². The molecule has 1 saturated heterocycles. The molecule has 1 aromatic rings. The van der Waals surface area contributed by atoms with Crippen molar-refractivity contribution in [2.45, 2.75) is 53.1 Å². The van der Waals surface area contributed by atoms with Gasteiger partial charge in [0.15, 0.2) is 0 Å². The van der Waals surface area contributed by atoms with Crippen LogP contribution in [0.25, 0.3) is 0 Å². The molecule has 0 amide bonds. The van der Waals surface area contributed by atoms with E-state index in [0.717, 1.165) is 18.2 Å². The smallest absolute Gasteiger partial charge is 0.0542 e. The molecule has 1 atom stereocenters. The van der Waals surface area contributed by atoms with Gasteiger partial charge in [-0.1, -0.05) is 20.8 Å². The van der Waals surface area contributed by atoms with Gasteiger partial charge < -0.3 is 5.73 Å². The van der Waals surface area contributed by atoms with Gasteiger partial charge in [0.1, 0.15) is 0 Å². The molecule has 0 spiro atoms. The Bertz CT molecular complexity index is 422. The van der Waals surface area contributed by atoms with Gasteiger partial charge in [-0.3, -0.25) is 9.88 Å². The van der Waals surface area contributed by atoms with E-state index in [-0.39, 0.29) is 0 Å². The Morgan fingerprint density at radius 2 is 2.10 bits per heavy atom. The molecule has 3 nitrogen and oxygen atoms in total. The Hall–Kier alpha value is -0.930. The molecule has 1 fully saturated rings. The summed E-state index contributed by atoms with van der Waals surface area (Å²) in [7, 11) is 0. The lowest BCUT2D eigenvalue weighted by atomic mass is 9.77. The van der Waals surface area contributed by atoms with Gasteiger partial charge in [0.2, 0.25) is 0 Å². The van der Waals surface area contributed by atoms with Crippen LogP contribution in [-0.4, -0.2) is 23.0 Å². The molecule has 0 aliphatic carbocycles. The predicted molar refractivity (Wildman–Crippen MR) is 84.2 cm³/mol. The molecule has 2 heterocycles. The first-order valence-corrected chi connectivity index (χ1v) is 7.85. The third-order valence-electron chi connectivity index (χ3n) is 4.54. The van der Waals surface area contributed by atoms with E-state index in [0.29, 0.717) is 12.0 Å². The van der Waals surface area contributed by atoms with E-state index < -0.39 is 0 Å². The zero-order chi connectivity index (χ0) is 14.6. The largest absolute Gasteiger partial charge is 0.325 e. The molecule has 1 aliphatic rings. The van der Waals surface area contributed by atoms with Crippen molar-refractivity contribution in [3.8, 4) is 0 Å². The summed E-state index contributed by atoms with van der Waals surface area (Å²) in [6.45, 7) is 11.1. The number of hydrogen-bond donors (Lipinski definition) is 1. The molecule has 20 heavy (non-hydrogen) atoms. The molecule has 0 radical (unpaired) electrons. The van der Waals surface area contributed by atoms with E-state index in [1.807, 2.05) is 6.20 Å². The van der Waals surface area contributed by atoms with Gasteiger partial charge in [0.25, 0.3) is 0 Å². The highest BCUT2D eigenvalue weighted by molar-refractivity contribution is 5.16. The summed E-state index contributed by atoms with van der Waals surface area (Å²) in [5.41, 5.74) is 8.44. The van der Waals surface area contributed by atoms with Crippen LogP contribution >= 0.6 is 0 Å². The first-order valence-electron chi connectivity index (χ1n) is 7.85. The SMILES string of the molecule is CC(C)(C)C1CCCN(Cc2ccnc(CN)c2)CC1. The minimum absolute atomic E-state index is 0.444. The minimum Gasteiger partial charge on any atom is -0.325 e. The van der Waals surface area contributed by atoms with Gasteiger partial charge in [0.05, 0.1) is 5.69 Å². The van der Waals surface area contributed by atoms with E-state index >= 15 is 0 Å². The van der Waals surface area contributed by atoms with E-state index in [2.05, 4.69) is 42.8 Å². The van der Waals surface area contributed by atoms with Crippen LogP contribution in [0, 0.1) is 11.3 Å². The van der Waals surface area contributed by atoms with E-state index in [1.54, 1.807) is 0 Å². The summed E-state index contributed by atoms with van der Waals surface area (Å²) in [5, 5.41) is 0. The van der Waals surface area contributed by atoms with Crippen molar-refractivity contribution in [3.05, 3.63) is 29.6 Å². The Labute approximate surface area is 123 Å². The summed E-state index contributed by atoms with van der Waals surface area (Å²) >= 11 is 0. The van der Waals surface area contributed by atoms with E-state index in [1.165, 1.54) is 37.9 Å². The average Bonchev–Trinajstić information content (AvgIpc) is 2.64. The number of hydrogen-bond acceptors (Lipinski definition) is 3. The van der Waals surface area contributed by atoms with Crippen LogP contribution < -0.4 is 5.73 Å². The maximum Gasteiger partial charge on any atom is 0.0542 e. The lowest BCUT2D eigenvalue weighted by Crippen LogP contribution is -2.26. The molecule has 1 aromatic heterocycles. The van der Waals surface area contributed by atoms with Gasteiger partial charge in [-0.2, -0.15) is 0 Å². The Morgan fingerprint density at radius 3 is 2.80 bits per heavy atom. The number of pyridine rings is 1. The van der Waals surface area contributed by atoms with Crippen LogP contribution in [0.3, 0.4) is 0 Å². The van der Waals surface area contributed by atoms with Crippen molar-refractivity contribution in [2.24, 2.45) is 17.1 Å². The monoisotopic (exact) mass is 275 g/mol. The fourth-order valence-electron chi connectivity index (χ4n) is 3.18. The van der Waals surface area contributed by atoms with Crippen molar-refractivity contribution in [1.82, 2.24) is 9.88 Å². The van der Waals surface area contributed by atoms with Crippen molar-refractivity contribution < 1.29 is 0 Å². The third kappa shape index (κ3) is 4.29. The van der Waals surface area contributed by atoms with Crippen LogP contribution in [0.4, 0.5) is 0 Å². The van der Waals surface area contributed by atoms with Gasteiger partial charge in [-0.05, 0) is 61.4 Å². The second-order valence-corrected chi connectivity index (χ2v) is 7.13. The Kier molecular flexibility index (Phi) is 5.17. The van der Waals surface area contributed by atoms with Crippen LogP contribution in [0.5, 0.6) is 0 Å². The lowest BCUT2D eigenvalue weighted by molar-refractivity contribution is 0.206. The molecule has 2 N–H and O–H groups in total. The highest BCUT2D eigenvalue weighted by Crippen LogP contribution is 2.34. The third-order valence-corrected chi connectivity index (χ3v) is 4.54. The molecule has 0 aromatic carbocycles. The summed E-state index contributed by atoms with van der Waals surface area (Å²) in [6.07, 6.45) is 5.88. The molecule has 0 saturated carbocycles. The minimum atomic E-state index is 0.444. The second-order valence-electron chi connectivity index (χ2n) is 7.13. The van der Waals surface area contributed by atoms with Crippen LogP contribution in [0.15, 0.2) is 18.3 Å². The number of aromatic nitrogens is 1. The fraction of sp³-hybridized carbons (Fsp3) is 0.706. The zero-order valence-corrected chi connectivity index (χ0v) is 13.2. The summed E-state index contributed by atoms with van der Waals surface area (Å²) in [4.78, 5) is 6.86. The highest BCUT2D eigenvalue weighted by atomic mass is 15.1. The first kappa shape index (κ1) is 15.5. The molecular weight excluding hydrogens is 246 g/mol. The van der Waals surface area contributed by atoms with E-state index in [9.17, 15) is 0 Å². The normalized spacial score (nSPS) is 21.7. The number of rotatable bonds is 3. The predicted octanol–water partition coefficient (Wildman–Crippen LogP) is 3.19. The van der Waals surface area contributed by atoms with Gasteiger partial charge in [-0.15, -0.1) is 0 Å². The molecular formula is C17H29N3. The van der Waals surface area contributed by atoms with Crippen molar-refractivity contribution in [3.63, 3.8) is 0 Å². The molecule has 1 aliphatic heterocycles. The van der Waals surface area contributed by atoms with Gasteiger partial charge >= 0.3 is 0 Å². The molecule has 112 valence electrons. The standard InChI is InChI=1S/C17H29N3/c1-17(2,3)15-5-4-9-20(10-7-15)13-14-6-8-19-16(11-14)12-18/h6,8,11,15H,4-5,7,9-10,12-13,18H2,1-3H3. The molecule has 0 bridgehead atoms. The summed E-state index contributed by atoms with van der Waals surface area (Å²) in [5.74, 6) is 0.851. The van der Waals surface area contributed by atoms with Crippen molar-refractivity contribution in [2.75, 3.05) is 13.1 Å². The van der Waals surface area contributed by atoms with Gasteiger partial charge in [-0.25, -0.2) is 0 Å². The quantitative estimate of drug-likeness (QED) is 0.921. The Morgan fingerprint density at radius 1 is 1.30 bits per heavy atom. The molecule has 2 rings (SSSR count). The zero-order valence-electron chi connectivity index (χ0n) is 13.2. The summed E-state index contributed by atoms with van der Waals surface area (Å²) < 4.78 is 0. The van der Waals surface area contributed by atoms with E-state index in [4.69, 9.17) is 5.73 Å². The summed E-state index contributed by atoms with van der Waals surface area (Å²) in [6, 6.07) is 4.26. The van der Waals surface area contributed by atoms with Gasteiger partial charge in [0, 0.05) is 19.3 Å². The average molecular weight is 275 g/mol. The molecule has 1 unspecified atom stereocenters. The lowest BCUT2D eigenvalue weighted by Gasteiger charge is -2.29. The second kappa shape index (κ2) is 6.68. The topological polar surface area (TPSA) is 42.2 Å². The van der Waals surface area contributed by atoms with Crippen LogP contribution in [0.1, 0.15) is 51.3 Å². The van der Waals surface area contributed by atoms with Crippen LogP contribution in [-0.2, 0) is 13.1 Å². The maximum atomic E-state index is 5.67. The highest BCUT2D eigenvalue weighted by Gasteiger charge is 2.26. The Balaban J connectivity index is 1.94. The maximum absolute atomic E-state index is 5.67.